The van der Waals surface area contributed by atoms with Crippen LogP contribution >= 0.6 is 0 Å². The van der Waals surface area contributed by atoms with Crippen LogP contribution in [-0.2, 0) is 0 Å². The van der Waals surface area contributed by atoms with Gasteiger partial charge in [0.1, 0.15) is 17.0 Å². The number of nitrogens with zero attached hydrogens (tertiary/aromatic N) is 2. The summed E-state index contributed by atoms with van der Waals surface area (Å²) in [7, 11) is 0. The van der Waals surface area contributed by atoms with Gasteiger partial charge in [-0.1, -0.05) is 91.0 Å². The smallest absolute Gasteiger partial charge is 0.138 e. The van der Waals surface area contributed by atoms with Crippen LogP contribution in [0.5, 0.6) is 0 Å². The van der Waals surface area contributed by atoms with Gasteiger partial charge in [0, 0.05) is 32.5 Å². The van der Waals surface area contributed by atoms with Crippen molar-refractivity contribution in [3.8, 4) is 17.1 Å². The normalized spacial score (nSPS) is 11.9. The Labute approximate surface area is 206 Å². The molecule has 8 rings (SSSR count). The Hall–Kier alpha value is -4.89. The Balaban J connectivity index is 1.53. The van der Waals surface area contributed by atoms with Gasteiger partial charge in [0.2, 0.25) is 0 Å². The summed E-state index contributed by atoms with van der Waals surface area (Å²) in [6.45, 7) is 0. The Morgan fingerprint density at radius 3 is 2.11 bits per heavy atom. The van der Waals surface area contributed by atoms with Crippen LogP contribution in [0, 0.1) is 0 Å². The standard InChI is InChI=1S/C33H20N2O/c1-2-10-21(11-3-1)33-23-13-5-4-12-22(23)18-32(34-33)35-28-16-8-6-14-24(28)26-20-31-27(19-29(26)35)25-15-7-9-17-30(25)36-31/h1-20H. The fourth-order valence-electron chi connectivity index (χ4n) is 5.55. The van der Waals surface area contributed by atoms with E-state index in [2.05, 4.69) is 108 Å². The Bertz CT molecular complexity index is 2100. The lowest BCUT2D eigenvalue weighted by molar-refractivity contribution is 0.669. The van der Waals surface area contributed by atoms with Gasteiger partial charge >= 0.3 is 0 Å². The van der Waals surface area contributed by atoms with Crippen LogP contribution in [0.1, 0.15) is 0 Å². The number of benzene rings is 5. The van der Waals surface area contributed by atoms with Gasteiger partial charge in [0.25, 0.3) is 0 Å². The molecule has 0 saturated carbocycles. The lowest BCUT2D eigenvalue weighted by Crippen LogP contribution is -1.99. The highest BCUT2D eigenvalue weighted by molar-refractivity contribution is 6.17. The second kappa shape index (κ2) is 7.30. The van der Waals surface area contributed by atoms with Crippen molar-refractivity contribution in [3.63, 3.8) is 0 Å². The first kappa shape index (κ1) is 19.4. The van der Waals surface area contributed by atoms with Crippen LogP contribution in [-0.4, -0.2) is 9.55 Å². The summed E-state index contributed by atoms with van der Waals surface area (Å²) in [6, 6.07) is 42.4. The molecule has 8 aromatic rings. The molecule has 0 amide bonds. The average Bonchev–Trinajstić information content (AvgIpc) is 3.46. The van der Waals surface area contributed by atoms with E-state index in [0.29, 0.717) is 0 Å². The van der Waals surface area contributed by atoms with E-state index in [-0.39, 0.29) is 0 Å². The highest BCUT2D eigenvalue weighted by Gasteiger charge is 2.18. The molecule has 168 valence electrons. The zero-order chi connectivity index (χ0) is 23.6. The highest BCUT2D eigenvalue weighted by atomic mass is 16.3. The SMILES string of the molecule is c1ccc(-c2nc(-n3c4ccccc4c4cc5oc6ccccc6c5cc43)cc3ccccc23)cc1. The molecule has 36 heavy (non-hydrogen) atoms. The van der Waals surface area contributed by atoms with Gasteiger partial charge in [-0.25, -0.2) is 4.98 Å². The van der Waals surface area contributed by atoms with Crippen LogP contribution in [0.15, 0.2) is 126 Å². The van der Waals surface area contributed by atoms with Crippen molar-refractivity contribution >= 4 is 54.5 Å². The molecule has 3 nitrogen and oxygen atoms in total. The maximum absolute atomic E-state index is 6.23. The van der Waals surface area contributed by atoms with Crippen molar-refractivity contribution < 1.29 is 4.42 Å². The van der Waals surface area contributed by atoms with Crippen molar-refractivity contribution in [1.82, 2.24) is 9.55 Å². The van der Waals surface area contributed by atoms with E-state index in [1.807, 2.05) is 18.2 Å². The van der Waals surface area contributed by atoms with Crippen LogP contribution in [0.2, 0.25) is 0 Å². The molecule has 0 unspecified atom stereocenters. The quantitative estimate of drug-likeness (QED) is 0.258. The van der Waals surface area contributed by atoms with E-state index >= 15 is 0 Å². The monoisotopic (exact) mass is 460 g/mol. The molecule has 0 bridgehead atoms. The summed E-state index contributed by atoms with van der Waals surface area (Å²) in [5, 5.41) is 6.91. The minimum Gasteiger partial charge on any atom is -0.456 e. The van der Waals surface area contributed by atoms with E-state index in [1.165, 1.54) is 10.8 Å². The molecule has 5 aromatic carbocycles. The number of hydrogen-bond donors (Lipinski definition) is 0. The largest absolute Gasteiger partial charge is 0.456 e. The summed E-state index contributed by atoms with van der Waals surface area (Å²) in [4.78, 5) is 5.28. The maximum atomic E-state index is 6.23. The maximum Gasteiger partial charge on any atom is 0.138 e. The van der Waals surface area contributed by atoms with Crippen molar-refractivity contribution in [3.05, 3.63) is 121 Å². The van der Waals surface area contributed by atoms with E-state index < -0.39 is 0 Å². The molecule has 0 aliphatic heterocycles. The van der Waals surface area contributed by atoms with Gasteiger partial charge in [-0.15, -0.1) is 0 Å². The van der Waals surface area contributed by atoms with Crippen LogP contribution < -0.4 is 0 Å². The topological polar surface area (TPSA) is 31.0 Å². The number of hydrogen-bond acceptors (Lipinski definition) is 2. The Morgan fingerprint density at radius 2 is 1.22 bits per heavy atom. The summed E-state index contributed by atoms with van der Waals surface area (Å²) in [6.07, 6.45) is 0. The van der Waals surface area contributed by atoms with Crippen LogP contribution in [0.25, 0.3) is 71.6 Å². The van der Waals surface area contributed by atoms with Gasteiger partial charge in [0.05, 0.1) is 16.7 Å². The minimum atomic E-state index is 0.906. The van der Waals surface area contributed by atoms with Gasteiger partial charge in [-0.3, -0.25) is 4.57 Å². The molecule has 0 atom stereocenters. The lowest BCUT2D eigenvalue weighted by atomic mass is 10.0. The van der Waals surface area contributed by atoms with E-state index in [0.717, 1.165) is 60.8 Å². The molecule has 0 fully saturated rings. The molecule has 0 aliphatic rings. The molecular weight excluding hydrogens is 440 g/mol. The first-order chi connectivity index (χ1) is 17.8. The summed E-state index contributed by atoms with van der Waals surface area (Å²) in [5.74, 6) is 0.908. The molecule has 0 spiro atoms. The molecule has 0 radical (unpaired) electrons. The van der Waals surface area contributed by atoms with E-state index in [1.54, 1.807) is 0 Å². The number of furan rings is 1. The average molecular weight is 461 g/mol. The Morgan fingerprint density at radius 1 is 0.500 bits per heavy atom. The third kappa shape index (κ3) is 2.71. The second-order valence-corrected chi connectivity index (χ2v) is 9.23. The van der Waals surface area contributed by atoms with Gasteiger partial charge < -0.3 is 4.42 Å². The Kier molecular flexibility index (Phi) is 3.94. The summed E-state index contributed by atoms with van der Waals surface area (Å²) < 4.78 is 8.53. The number of rotatable bonds is 2. The fraction of sp³-hybridized carbons (Fsp3) is 0. The molecule has 3 heteroatoms. The van der Waals surface area contributed by atoms with Crippen LogP contribution in [0.3, 0.4) is 0 Å². The molecular formula is C33H20N2O. The number of fused-ring (bicyclic) bond motifs is 7. The van der Waals surface area contributed by atoms with Gasteiger partial charge in [-0.2, -0.15) is 0 Å². The van der Waals surface area contributed by atoms with Crippen LogP contribution in [0.4, 0.5) is 0 Å². The van der Waals surface area contributed by atoms with Gasteiger partial charge in [-0.05, 0) is 35.7 Å². The molecule has 3 heterocycles. The number of pyridine rings is 1. The lowest BCUT2D eigenvalue weighted by Gasteiger charge is -2.12. The highest BCUT2D eigenvalue weighted by Crippen LogP contribution is 2.39. The number of para-hydroxylation sites is 2. The second-order valence-electron chi connectivity index (χ2n) is 9.23. The van der Waals surface area contributed by atoms with Gasteiger partial charge in [0.15, 0.2) is 0 Å². The third-order valence-electron chi connectivity index (χ3n) is 7.17. The third-order valence-corrected chi connectivity index (χ3v) is 7.17. The molecule has 0 aliphatic carbocycles. The summed E-state index contributed by atoms with van der Waals surface area (Å²) in [5.41, 5.74) is 6.17. The molecule has 0 N–H and O–H groups in total. The van der Waals surface area contributed by atoms with Crippen molar-refractivity contribution in [1.29, 1.82) is 0 Å². The molecule has 0 saturated heterocycles. The number of aromatic nitrogens is 2. The predicted molar refractivity (Wildman–Crippen MR) is 149 cm³/mol. The van der Waals surface area contributed by atoms with Crippen molar-refractivity contribution in [2.45, 2.75) is 0 Å². The minimum absolute atomic E-state index is 0.906. The zero-order valence-corrected chi connectivity index (χ0v) is 19.3. The van der Waals surface area contributed by atoms with Crippen molar-refractivity contribution in [2.24, 2.45) is 0 Å². The first-order valence-electron chi connectivity index (χ1n) is 12.2. The van der Waals surface area contributed by atoms with E-state index in [9.17, 15) is 0 Å². The predicted octanol–water partition coefficient (Wildman–Crippen LogP) is 8.90. The summed E-state index contributed by atoms with van der Waals surface area (Å²) >= 11 is 0. The molecule has 3 aromatic heterocycles. The first-order valence-corrected chi connectivity index (χ1v) is 12.2. The van der Waals surface area contributed by atoms with E-state index in [4.69, 9.17) is 9.40 Å². The van der Waals surface area contributed by atoms with Crippen molar-refractivity contribution in [2.75, 3.05) is 0 Å². The zero-order valence-electron chi connectivity index (χ0n) is 19.3. The fourth-order valence-corrected chi connectivity index (χ4v) is 5.55.